The van der Waals surface area contributed by atoms with Gasteiger partial charge in [-0.15, -0.1) is 0 Å². The molecule has 0 spiro atoms. The summed E-state index contributed by atoms with van der Waals surface area (Å²) in [4.78, 5) is 28.0. The molecule has 1 aliphatic heterocycles. The molecule has 4 nitrogen and oxygen atoms in total. The van der Waals surface area contributed by atoms with Crippen LogP contribution >= 0.6 is 27.7 Å². The minimum Gasteiger partial charge on any atom is -0.293 e. The van der Waals surface area contributed by atoms with E-state index in [1.807, 2.05) is 0 Å². The first-order valence-electron chi connectivity index (χ1n) is 5.26. The number of carbonyl (C=O) groups is 2. The zero-order chi connectivity index (χ0) is 13.3. The summed E-state index contributed by atoms with van der Waals surface area (Å²) in [7, 11) is 0. The lowest BCUT2D eigenvalue weighted by Gasteiger charge is -2.15. The summed E-state index contributed by atoms with van der Waals surface area (Å²) in [6.45, 7) is 1.77. The first-order valence-corrected chi connectivity index (χ1v) is 6.93. The smallest absolute Gasteiger partial charge is 0.229 e. The Labute approximate surface area is 116 Å². The van der Waals surface area contributed by atoms with Crippen LogP contribution in [0.3, 0.4) is 0 Å². The van der Waals surface area contributed by atoms with Gasteiger partial charge in [0.25, 0.3) is 0 Å². The van der Waals surface area contributed by atoms with Crippen molar-refractivity contribution in [3.8, 4) is 0 Å². The van der Waals surface area contributed by atoms with Crippen molar-refractivity contribution in [1.82, 2.24) is 4.98 Å². The normalized spacial score (nSPS) is 19.4. The highest BCUT2D eigenvalue weighted by atomic mass is 79.9. The van der Waals surface area contributed by atoms with Gasteiger partial charge in [0.1, 0.15) is 0 Å². The Bertz CT molecular complexity index is 512. The highest BCUT2D eigenvalue weighted by molar-refractivity contribution is 9.10. The number of amides is 1. The fourth-order valence-corrected chi connectivity index (χ4v) is 3.02. The molecule has 18 heavy (non-hydrogen) atoms. The van der Waals surface area contributed by atoms with Crippen LogP contribution < -0.4 is 4.90 Å². The highest BCUT2D eigenvalue weighted by Crippen LogP contribution is 2.29. The molecular formula is C11H10BrFN2O2S. The van der Waals surface area contributed by atoms with Gasteiger partial charge in [0, 0.05) is 35.8 Å². The second-order valence-electron chi connectivity index (χ2n) is 3.90. The summed E-state index contributed by atoms with van der Waals surface area (Å²) in [5, 5.41) is -0.168. The molecule has 2 rings (SSSR count). The van der Waals surface area contributed by atoms with E-state index in [1.165, 1.54) is 24.1 Å². The molecule has 1 atom stereocenters. The van der Waals surface area contributed by atoms with Gasteiger partial charge < -0.3 is 0 Å². The highest BCUT2D eigenvalue weighted by Gasteiger charge is 2.33. The first kappa shape index (κ1) is 13.5. The maximum absolute atomic E-state index is 13.7. The molecule has 0 bridgehead atoms. The molecule has 1 saturated heterocycles. The molecule has 0 saturated carbocycles. The molecule has 1 aliphatic rings. The van der Waals surface area contributed by atoms with E-state index in [9.17, 15) is 14.0 Å². The third kappa shape index (κ3) is 2.89. The number of nitrogens with zero attached hydrogens (tertiary/aromatic N) is 2. The van der Waals surface area contributed by atoms with Gasteiger partial charge in [-0.1, -0.05) is 11.8 Å². The Kier molecular flexibility index (Phi) is 4.01. The average Bonchev–Trinajstić information content (AvgIpc) is 2.58. The van der Waals surface area contributed by atoms with Crippen molar-refractivity contribution >= 4 is 44.5 Å². The van der Waals surface area contributed by atoms with Crippen molar-refractivity contribution in [3.63, 3.8) is 0 Å². The van der Waals surface area contributed by atoms with Crippen LogP contribution in [0.5, 0.6) is 0 Å². The largest absolute Gasteiger partial charge is 0.293 e. The van der Waals surface area contributed by atoms with Crippen molar-refractivity contribution in [3.05, 3.63) is 22.6 Å². The van der Waals surface area contributed by atoms with Gasteiger partial charge in [-0.3, -0.25) is 14.5 Å². The molecule has 1 aromatic rings. The van der Waals surface area contributed by atoms with Crippen molar-refractivity contribution in [2.75, 3.05) is 11.4 Å². The summed E-state index contributed by atoms with van der Waals surface area (Å²) in [5.41, 5.74) is 0. The van der Waals surface area contributed by atoms with Gasteiger partial charge >= 0.3 is 0 Å². The fraction of sp³-hybridized carbons (Fsp3) is 0.364. The Balaban J connectivity index is 2.19. The zero-order valence-corrected chi connectivity index (χ0v) is 11.9. The van der Waals surface area contributed by atoms with Crippen LogP contribution in [-0.2, 0) is 9.59 Å². The number of aromatic nitrogens is 1. The second kappa shape index (κ2) is 5.36. The number of thioether (sulfide) groups is 1. The fourth-order valence-electron chi connectivity index (χ4n) is 1.80. The van der Waals surface area contributed by atoms with E-state index < -0.39 is 5.82 Å². The molecule has 0 aliphatic carbocycles. The maximum Gasteiger partial charge on any atom is 0.229 e. The molecule has 0 radical (unpaired) electrons. The van der Waals surface area contributed by atoms with E-state index in [2.05, 4.69) is 20.9 Å². The Hall–Kier alpha value is -0.950. The SMILES string of the molecule is CC(=O)SC1CC(=O)N(c2ncc(Br)cc2F)C1. The molecule has 2 heterocycles. The van der Waals surface area contributed by atoms with Crippen LogP contribution in [0.2, 0.25) is 0 Å². The lowest BCUT2D eigenvalue weighted by molar-refractivity contribution is -0.117. The van der Waals surface area contributed by atoms with Crippen LogP contribution in [0, 0.1) is 5.82 Å². The second-order valence-corrected chi connectivity index (χ2v) is 6.29. The average molecular weight is 333 g/mol. The summed E-state index contributed by atoms with van der Waals surface area (Å²) in [5.74, 6) is -0.733. The predicted octanol–water partition coefficient (Wildman–Crippen LogP) is 2.37. The number of rotatable bonds is 2. The van der Waals surface area contributed by atoms with Gasteiger partial charge in [0.05, 0.1) is 0 Å². The Morgan fingerprint density at radius 2 is 2.39 bits per heavy atom. The van der Waals surface area contributed by atoms with Crippen LogP contribution in [0.1, 0.15) is 13.3 Å². The predicted molar refractivity (Wildman–Crippen MR) is 70.9 cm³/mol. The number of halogens is 2. The lowest BCUT2D eigenvalue weighted by atomic mass is 10.4. The third-order valence-electron chi connectivity index (χ3n) is 2.47. The summed E-state index contributed by atoms with van der Waals surface area (Å²) in [6, 6.07) is 1.26. The van der Waals surface area contributed by atoms with Crippen molar-refractivity contribution in [2.24, 2.45) is 0 Å². The monoisotopic (exact) mass is 332 g/mol. The molecule has 0 N–H and O–H groups in total. The van der Waals surface area contributed by atoms with Gasteiger partial charge in [-0.05, 0) is 22.0 Å². The Morgan fingerprint density at radius 3 is 3.00 bits per heavy atom. The summed E-state index contributed by atoms with van der Waals surface area (Å²) < 4.78 is 14.2. The molecule has 7 heteroatoms. The first-order chi connectivity index (χ1) is 8.47. The lowest BCUT2D eigenvalue weighted by Crippen LogP contribution is -2.27. The van der Waals surface area contributed by atoms with Crippen LogP contribution in [-0.4, -0.2) is 27.8 Å². The molecule has 1 unspecified atom stereocenters. The number of carbonyl (C=O) groups excluding carboxylic acids is 2. The maximum atomic E-state index is 13.7. The topological polar surface area (TPSA) is 50.3 Å². The van der Waals surface area contributed by atoms with Crippen molar-refractivity contribution < 1.29 is 14.0 Å². The van der Waals surface area contributed by atoms with Crippen LogP contribution in [0.25, 0.3) is 0 Å². The number of hydrogen-bond donors (Lipinski definition) is 0. The quantitative estimate of drug-likeness (QED) is 0.834. The number of hydrogen-bond acceptors (Lipinski definition) is 4. The Morgan fingerprint density at radius 1 is 1.67 bits per heavy atom. The molecular weight excluding hydrogens is 323 g/mol. The molecule has 1 aromatic heterocycles. The van der Waals surface area contributed by atoms with E-state index in [-0.39, 0.29) is 28.5 Å². The standard InChI is InChI=1S/C11H10BrFN2O2S/c1-6(16)18-8-3-10(17)15(5-8)11-9(13)2-7(12)4-14-11/h2,4,8H,3,5H2,1H3. The van der Waals surface area contributed by atoms with Crippen LogP contribution in [0.15, 0.2) is 16.7 Å². The molecule has 0 aromatic carbocycles. The van der Waals surface area contributed by atoms with Gasteiger partial charge in [0.2, 0.25) is 5.91 Å². The number of pyridine rings is 1. The van der Waals surface area contributed by atoms with E-state index in [1.54, 1.807) is 0 Å². The minimum atomic E-state index is -0.550. The van der Waals surface area contributed by atoms with Crippen molar-refractivity contribution in [2.45, 2.75) is 18.6 Å². The van der Waals surface area contributed by atoms with E-state index >= 15 is 0 Å². The van der Waals surface area contributed by atoms with Gasteiger partial charge in [-0.2, -0.15) is 0 Å². The third-order valence-corrected chi connectivity index (χ3v) is 3.88. The molecule has 1 fully saturated rings. The summed E-state index contributed by atoms with van der Waals surface area (Å²) >= 11 is 4.22. The van der Waals surface area contributed by atoms with E-state index in [0.717, 1.165) is 11.8 Å². The minimum absolute atomic E-state index is 0.0230. The van der Waals surface area contributed by atoms with Gasteiger partial charge in [0.15, 0.2) is 16.8 Å². The number of anilines is 1. The van der Waals surface area contributed by atoms with Crippen LogP contribution in [0.4, 0.5) is 10.2 Å². The summed E-state index contributed by atoms with van der Waals surface area (Å²) in [6.07, 6.45) is 1.68. The van der Waals surface area contributed by atoms with E-state index in [0.29, 0.717) is 11.0 Å². The van der Waals surface area contributed by atoms with Gasteiger partial charge in [-0.25, -0.2) is 9.37 Å². The van der Waals surface area contributed by atoms with Crippen molar-refractivity contribution in [1.29, 1.82) is 0 Å². The van der Waals surface area contributed by atoms with E-state index in [4.69, 9.17) is 0 Å². The zero-order valence-electron chi connectivity index (χ0n) is 9.52. The molecule has 1 amide bonds. The molecule has 96 valence electrons.